The molecule has 0 aliphatic rings. The summed E-state index contributed by atoms with van der Waals surface area (Å²) in [6.07, 6.45) is 0. The minimum atomic E-state index is 0.0332. The summed E-state index contributed by atoms with van der Waals surface area (Å²) >= 11 is 5.98. The SMILES string of the molecule is COCOc1cc2ccccc2c(O)c1Cl. The number of phenolic OH excluding ortho intramolecular Hbond substituents is 1. The summed E-state index contributed by atoms with van der Waals surface area (Å²) < 4.78 is 10.1. The first-order chi connectivity index (χ1) is 7.74. The fourth-order valence-corrected chi connectivity index (χ4v) is 1.72. The van der Waals surface area contributed by atoms with Gasteiger partial charge in [0.1, 0.15) is 16.5 Å². The summed E-state index contributed by atoms with van der Waals surface area (Å²) in [6.45, 7) is 0.0947. The smallest absolute Gasteiger partial charge is 0.188 e. The lowest BCUT2D eigenvalue weighted by Gasteiger charge is -2.10. The van der Waals surface area contributed by atoms with E-state index in [0.717, 1.165) is 5.39 Å². The van der Waals surface area contributed by atoms with Gasteiger partial charge in [0.15, 0.2) is 6.79 Å². The average molecular weight is 239 g/mol. The third kappa shape index (κ3) is 1.92. The predicted octanol–water partition coefficient (Wildman–Crippen LogP) is 3.18. The third-order valence-electron chi connectivity index (χ3n) is 2.26. The first-order valence-corrected chi connectivity index (χ1v) is 5.13. The summed E-state index contributed by atoms with van der Waals surface area (Å²) in [7, 11) is 1.52. The predicted molar refractivity (Wildman–Crippen MR) is 63.1 cm³/mol. The van der Waals surface area contributed by atoms with Gasteiger partial charge in [-0.3, -0.25) is 0 Å². The molecule has 0 aromatic heterocycles. The molecule has 0 heterocycles. The number of ether oxygens (including phenoxy) is 2. The van der Waals surface area contributed by atoms with Gasteiger partial charge >= 0.3 is 0 Å². The summed E-state index contributed by atoms with van der Waals surface area (Å²) in [4.78, 5) is 0. The molecule has 0 aliphatic heterocycles. The highest BCUT2D eigenvalue weighted by atomic mass is 35.5. The molecule has 0 amide bonds. The van der Waals surface area contributed by atoms with Gasteiger partial charge in [0.25, 0.3) is 0 Å². The number of halogens is 1. The van der Waals surface area contributed by atoms with E-state index in [-0.39, 0.29) is 17.6 Å². The lowest BCUT2D eigenvalue weighted by molar-refractivity contribution is 0.0512. The van der Waals surface area contributed by atoms with Crippen LogP contribution in [0.25, 0.3) is 10.8 Å². The van der Waals surface area contributed by atoms with Crippen LogP contribution in [-0.2, 0) is 4.74 Å². The van der Waals surface area contributed by atoms with E-state index in [2.05, 4.69) is 0 Å². The maximum Gasteiger partial charge on any atom is 0.188 e. The monoisotopic (exact) mass is 238 g/mol. The summed E-state index contributed by atoms with van der Waals surface area (Å²) in [5, 5.41) is 11.7. The van der Waals surface area contributed by atoms with Crippen LogP contribution in [0, 0.1) is 0 Å². The van der Waals surface area contributed by atoms with Crippen molar-refractivity contribution in [2.24, 2.45) is 0 Å². The molecule has 4 heteroatoms. The first kappa shape index (κ1) is 11.0. The van der Waals surface area contributed by atoms with Crippen LogP contribution in [0.2, 0.25) is 5.02 Å². The number of rotatable bonds is 3. The molecule has 0 spiro atoms. The van der Waals surface area contributed by atoms with E-state index in [1.807, 2.05) is 18.2 Å². The standard InChI is InChI=1S/C12H11ClO3/c1-15-7-16-10-6-8-4-2-3-5-9(8)12(14)11(10)13/h2-6,14H,7H2,1H3. The van der Waals surface area contributed by atoms with Crippen LogP contribution < -0.4 is 4.74 Å². The highest BCUT2D eigenvalue weighted by molar-refractivity contribution is 6.34. The Hall–Kier alpha value is -1.45. The van der Waals surface area contributed by atoms with Crippen molar-refractivity contribution in [3.05, 3.63) is 35.4 Å². The molecule has 0 unspecified atom stereocenters. The molecule has 3 nitrogen and oxygen atoms in total. The van der Waals surface area contributed by atoms with Crippen molar-refractivity contribution in [2.75, 3.05) is 13.9 Å². The molecule has 84 valence electrons. The Labute approximate surface area is 98.2 Å². The Morgan fingerprint density at radius 3 is 2.81 bits per heavy atom. The van der Waals surface area contributed by atoms with E-state index < -0.39 is 0 Å². The van der Waals surface area contributed by atoms with E-state index in [0.29, 0.717) is 11.1 Å². The lowest BCUT2D eigenvalue weighted by atomic mass is 10.1. The number of benzene rings is 2. The van der Waals surface area contributed by atoms with Crippen molar-refractivity contribution in [1.29, 1.82) is 0 Å². The van der Waals surface area contributed by atoms with Gasteiger partial charge in [0.2, 0.25) is 0 Å². The van der Waals surface area contributed by atoms with Gasteiger partial charge in [-0.05, 0) is 11.5 Å². The molecule has 0 saturated carbocycles. The largest absolute Gasteiger partial charge is 0.506 e. The number of hydrogen-bond donors (Lipinski definition) is 1. The second-order valence-corrected chi connectivity index (χ2v) is 3.69. The fourth-order valence-electron chi connectivity index (χ4n) is 1.51. The van der Waals surface area contributed by atoms with Crippen LogP contribution in [-0.4, -0.2) is 19.0 Å². The maximum absolute atomic E-state index is 9.89. The topological polar surface area (TPSA) is 38.7 Å². The van der Waals surface area contributed by atoms with Crippen LogP contribution >= 0.6 is 11.6 Å². The minimum absolute atomic E-state index is 0.0332. The van der Waals surface area contributed by atoms with Gasteiger partial charge in [-0.15, -0.1) is 0 Å². The zero-order valence-electron chi connectivity index (χ0n) is 8.74. The second-order valence-electron chi connectivity index (χ2n) is 3.31. The van der Waals surface area contributed by atoms with E-state index in [1.54, 1.807) is 12.1 Å². The van der Waals surface area contributed by atoms with Crippen molar-refractivity contribution >= 4 is 22.4 Å². The third-order valence-corrected chi connectivity index (χ3v) is 2.62. The molecule has 2 aromatic carbocycles. The Kier molecular flexibility index (Phi) is 3.17. The molecule has 1 N–H and O–H groups in total. The molecule has 0 radical (unpaired) electrons. The van der Waals surface area contributed by atoms with Gasteiger partial charge < -0.3 is 14.6 Å². The fraction of sp³-hybridized carbons (Fsp3) is 0.167. The maximum atomic E-state index is 9.89. The molecule has 0 saturated heterocycles. The van der Waals surface area contributed by atoms with Gasteiger partial charge in [-0.2, -0.15) is 0 Å². The van der Waals surface area contributed by atoms with Gasteiger partial charge in [0.05, 0.1) is 0 Å². The summed E-state index contributed by atoms with van der Waals surface area (Å²) in [6, 6.07) is 9.18. The Morgan fingerprint density at radius 2 is 2.06 bits per heavy atom. The average Bonchev–Trinajstić information content (AvgIpc) is 2.32. The van der Waals surface area contributed by atoms with Crippen molar-refractivity contribution in [2.45, 2.75) is 0 Å². The second kappa shape index (κ2) is 4.60. The van der Waals surface area contributed by atoms with Crippen LogP contribution in [0.3, 0.4) is 0 Å². The molecule has 0 aliphatic carbocycles. The van der Waals surface area contributed by atoms with Crippen LogP contribution in [0.1, 0.15) is 0 Å². The van der Waals surface area contributed by atoms with Gasteiger partial charge in [-0.25, -0.2) is 0 Å². The van der Waals surface area contributed by atoms with Gasteiger partial charge in [0, 0.05) is 12.5 Å². The van der Waals surface area contributed by atoms with E-state index >= 15 is 0 Å². The zero-order valence-corrected chi connectivity index (χ0v) is 9.49. The highest BCUT2D eigenvalue weighted by Crippen LogP contribution is 2.39. The number of fused-ring (bicyclic) bond motifs is 1. The summed E-state index contributed by atoms with van der Waals surface area (Å²) in [5.41, 5.74) is 0. The van der Waals surface area contributed by atoms with Crippen LogP contribution in [0.15, 0.2) is 30.3 Å². The van der Waals surface area contributed by atoms with Crippen molar-refractivity contribution < 1.29 is 14.6 Å². The number of hydrogen-bond acceptors (Lipinski definition) is 3. The Morgan fingerprint density at radius 1 is 1.31 bits per heavy atom. The van der Waals surface area contributed by atoms with Crippen LogP contribution in [0.5, 0.6) is 11.5 Å². The van der Waals surface area contributed by atoms with Crippen molar-refractivity contribution in [1.82, 2.24) is 0 Å². The molecular formula is C12H11ClO3. The minimum Gasteiger partial charge on any atom is -0.506 e. The molecule has 2 rings (SSSR count). The van der Waals surface area contributed by atoms with Crippen molar-refractivity contribution in [3.8, 4) is 11.5 Å². The zero-order chi connectivity index (χ0) is 11.5. The first-order valence-electron chi connectivity index (χ1n) is 4.76. The lowest BCUT2D eigenvalue weighted by Crippen LogP contribution is -1.99. The molecule has 0 bridgehead atoms. The number of aromatic hydroxyl groups is 1. The van der Waals surface area contributed by atoms with Crippen molar-refractivity contribution in [3.63, 3.8) is 0 Å². The molecule has 16 heavy (non-hydrogen) atoms. The molecule has 2 aromatic rings. The van der Waals surface area contributed by atoms with E-state index in [9.17, 15) is 5.11 Å². The number of phenols is 1. The van der Waals surface area contributed by atoms with E-state index in [1.165, 1.54) is 7.11 Å². The van der Waals surface area contributed by atoms with Crippen LogP contribution in [0.4, 0.5) is 0 Å². The molecular weight excluding hydrogens is 228 g/mol. The highest BCUT2D eigenvalue weighted by Gasteiger charge is 2.11. The Bertz CT molecular complexity index is 511. The van der Waals surface area contributed by atoms with Gasteiger partial charge in [-0.1, -0.05) is 35.9 Å². The Balaban J connectivity index is 2.55. The molecule has 0 fully saturated rings. The molecule has 0 atom stereocenters. The normalized spacial score (nSPS) is 10.6. The number of methoxy groups -OCH3 is 1. The van der Waals surface area contributed by atoms with E-state index in [4.69, 9.17) is 21.1 Å². The summed E-state index contributed by atoms with van der Waals surface area (Å²) in [5.74, 6) is 0.450. The quantitative estimate of drug-likeness (QED) is 0.835.